The Kier molecular flexibility index (Phi) is 4.83. The van der Waals surface area contributed by atoms with Gasteiger partial charge in [0.05, 0.1) is 12.5 Å². The van der Waals surface area contributed by atoms with E-state index in [1.165, 1.54) is 12.8 Å². The average molecular weight is 261 g/mol. The largest absolute Gasteiger partial charge is 0.491 e. The van der Waals surface area contributed by atoms with Crippen molar-refractivity contribution >= 4 is 5.91 Å². The lowest BCUT2D eigenvalue weighted by molar-refractivity contribution is -0.121. The van der Waals surface area contributed by atoms with Crippen LogP contribution in [0.3, 0.4) is 0 Å². The quantitative estimate of drug-likeness (QED) is 0.884. The van der Waals surface area contributed by atoms with Gasteiger partial charge in [-0.05, 0) is 44.4 Å². The van der Waals surface area contributed by atoms with Crippen LogP contribution in [0, 0.1) is 0 Å². The number of amides is 1. The van der Waals surface area contributed by atoms with Crippen LogP contribution >= 0.6 is 0 Å². The molecule has 0 heterocycles. The number of hydrogen-bond acceptors (Lipinski definition) is 2. The first-order valence-corrected chi connectivity index (χ1v) is 7.18. The van der Waals surface area contributed by atoms with Crippen molar-refractivity contribution in [3.8, 4) is 5.75 Å². The summed E-state index contributed by atoms with van der Waals surface area (Å²) < 4.78 is 5.58. The van der Waals surface area contributed by atoms with E-state index in [1.54, 1.807) is 0 Å². The lowest BCUT2D eigenvalue weighted by Crippen LogP contribution is -2.33. The second kappa shape index (κ2) is 6.60. The van der Waals surface area contributed by atoms with Crippen LogP contribution in [-0.2, 0) is 11.2 Å². The zero-order valence-electron chi connectivity index (χ0n) is 11.8. The predicted molar refractivity (Wildman–Crippen MR) is 76.3 cm³/mol. The highest BCUT2D eigenvalue weighted by Gasteiger charge is 2.16. The minimum absolute atomic E-state index is 0.129. The summed E-state index contributed by atoms with van der Waals surface area (Å²) >= 11 is 0. The van der Waals surface area contributed by atoms with Gasteiger partial charge < -0.3 is 10.1 Å². The Hall–Kier alpha value is -1.51. The maximum absolute atomic E-state index is 11.9. The monoisotopic (exact) mass is 261 g/mol. The van der Waals surface area contributed by atoms with E-state index in [-0.39, 0.29) is 12.0 Å². The van der Waals surface area contributed by atoms with Crippen LogP contribution in [-0.4, -0.2) is 18.1 Å². The molecule has 1 aromatic rings. The molecule has 0 atom stereocenters. The molecule has 0 aliphatic heterocycles. The minimum Gasteiger partial charge on any atom is -0.491 e. The fourth-order valence-corrected chi connectivity index (χ4v) is 2.49. The van der Waals surface area contributed by atoms with Crippen LogP contribution in [0.4, 0.5) is 0 Å². The number of carbonyl (C=O) groups is 1. The van der Waals surface area contributed by atoms with Gasteiger partial charge in [-0.25, -0.2) is 0 Å². The topological polar surface area (TPSA) is 38.3 Å². The van der Waals surface area contributed by atoms with Crippen molar-refractivity contribution in [2.45, 2.75) is 58.1 Å². The summed E-state index contributed by atoms with van der Waals surface area (Å²) in [6.07, 6.45) is 5.38. The van der Waals surface area contributed by atoms with Gasteiger partial charge in [0.25, 0.3) is 0 Å². The molecular weight excluding hydrogens is 238 g/mol. The smallest absolute Gasteiger partial charge is 0.224 e. The van der Waals surface area contributed by atoms with Crippen molar-refractivity contribution in [2.75, 3.05) is 0 Å². The molecule has 0 radical (unpaired) electrons. The molecule has 1 N–H and O–H groups in total. The van der Waals surface area contributed by atoms with Crippen LogP contribution in [0.15, 0.2) is 24.3 Å². The molecule has 1 aromatic carbocycles. The Morgan fingerprint density at radius 2 is 1.89 bits per heavy atom. The average Bonchev–Trinajstić information content (AvgIpc) is 2.83. The zero-order chi connectivity index (χ0) is 13.7. The van der Waals surface area contributed by atoms with E-state index in [0.717, 1.165) is 24.2 Å². The third kappa shape index (κ3) is 4.58. The molecule has 104 valence electrons. The second-order valence-electron chi connectivity index (χ2n) is 5.54. The van der Waals surface area contributed by atoms with Crippen molar-refractivity contribution in [3.05, 3.63) is 29.8 Å². The molecule has 1 aliphatic rings. The molecule has 0 aromatic heterocycles. The Balaban J connectivity index is 1.82. The van der Waals surface area contributed by atoms with Crippen LogP contribution in [0.25, 0.3) is 0 Å². The van der Waals surface area contributed by atoms with E-state index < -0.39 is 0 Å². The highest BCUT2D eigenvalue weighted by atomic mass is 16.5. The Morgan fingerprint density at radius 3 is 2.47 bits per heavy atom. The van der Waals surface area contributed by atoms with Crippen LogP contribution in [0.2, 0.25) is 0 Å². The lowest BCUT2D eigenvalue weighted by atomic mass is 10.1. The fraction of sp³-hybridized carbons (Fsp3) is 0.562. The molecule has 3 heteroatoms. The fourth-order valence-electron chi connectivity index (χ4n) is 2.49. The summed E-state index contributed by atoms with van der Waals surface area (Å²) in [6, 6.07) is 8.19. The summed E-state index contributed by atoms with van der Waals surface area (Å²) in [6.45, 7) is 4.01. The summed E-state index contributed by atoms with van der Waals surface area (Å²) in [7, 11) is 0. The Bertz CT molecular complexity index is 405. The first-order chi connectivity index (χ1) is 9.13. The highest BCUT2D eigenvalue weighted by Crippen LogP contribution is 2.18. The molecule has 2 rings (SSSR count). The first kappa shape index (κ1) is 13.9. The molecule has 0 bridgehead atoms. The van der Waals surface area contributed by atoms with Crippen molar-refractivity contribution in [2.24, 2.45) is 0 Å². The van der Waals surface area contributed by atoms with E-state index in [2.05, 4.69) is 5.32 Å². The van der Waals surface area contributed by atoms with Crippen molar-refractivity contribution < 1.29 is 9.53 Å². The van der Waals surface area contributed by atoms with Gasteiger partial charge in [0.15, 0.2) is 0 Å². The third-order valence-corrected chi connectivity index (χ3v) is 3.38. The number of rotatable bonds is 5. The maximum atomic E-state index is 11.9. The molecule has 1 saturated carbocycles. The van der Waals surface area contributed by atoms with Gasteiger partial charge in [-0.1, -0.05) is 25.0 Å². The Labute approximate surface area is 115 Å². The molecule has 0 unspecified atom stereocenters. The number of ether oxygens (including phenoxy) is 1. The number of hydrogen-bond donors (Lipinski definition) is 1. The Morgan fingerprint density at radius 1 is 1.26 bits per heavy atom. The SMILES string of the molecule is CC(C)Oc1ccc(CC(=O)NC2CCCC2)cc1. The summed E-state index contributed by atoms with van der Waals surface area (Å²) in [5.41, 5.74) is 1.03. The predicted octanol–water partition coefficient (Wildman–Crippen LogP) is 3.08. The summed E-state index contributed by atoms with van der Waals surface area (Å²) in [4.78, 5) is 11.9. The number of nitrogens with one attached hydrogen (secondary N) is 1. The molecule has 19 heavy (non-hydrogen) atoms. The van der Waals surface area contributed by atoms with Crippen molar-refractivity contribution in [1.82, 2.24) is 5.32 Å². The first-order valence-electron chi connectivity index (χ1n) is 7.18. The van der Waals surface area contributed by atoms with E-state index >= 15 is 0 Å². The number of carbonyl (C=O) groups excluding carboxylic acids is 1. The minimum atomic E-state index is 0.129. The van der Waals surface area contributed by atoms with Gasteiger partial charge in [-0.15, -0.1) is 0 Å². The molecular formula is C16H23NO2. The molecule has 1 aliphatic carbocycles. The van der Waals surface area contributed by atoms with Crippen LogP contribution in [0.5, 0.6) is 5.75 Å². The van der Waals surface area contributed by atoms with Crippen molar-refractivity contribution in [1.29, 1.82) is 0 Å². The zero-order valence-corrected chi connectivity index (χ0v) is 11.8. The molecule has 1 amide bonds. The van der Waals surface area contributed by atoms with Gasteiger partial charge in [0.2, 0.25) is 5.91 Å². The van der Waals surface area contributed by atoms with Gasteiger partial charge in [-0.2, -0.15) is 0 Å². The molecule has 0 saturated heterocycles. The highest BCUT2D eigenvalue weighted by molar-refractivity contribution is 5.78. The van der Waals surface area contributed by atoms with Gasteiger partial charge >= 0.3 is 0 Å². The van der Waals surface area contributed by atoms with Crippen LogP contribution < -0.4 is 10.1 Å². The second-order valence-corrected chi connectivity index (χ2v) is 5.54. The van der Waals surface area contributed by atoms with E-state index in [4.69, 9.17) is 4.74 Å². The van der Waals surface area contributed by atoms with E-state index in [0.29, 0.717) is 12.5 Å². The van der Waals surface area contributed by atoms with Gasteiger partial charge in [0.1, 0.15) is 5.75 Å². The van der Waals surface area contributed by atoms with E-state index in [9.17, 15) is 4.79 Å². The van der Waals surface area contributed by atoms with E-state index in [1.807, 2.05) is 38.1 Å². The normalized spacial score (nSPS) is 15.7. The molecule has 0 spiro atoms. The third-order valence-electron chi connectivity index (χ3n) is 3.38. The van der Waals surface area contributed by atoms with Crippen LogP contribution in [0.1, 0.15) is 45.1 Å². The maximum Gasteiger partial charge on any atom is 0.224 e. The lowest BCUT2D eigenvalue weighted by Gasteiger charge is -2.12. The van der Waals surface area contributed by atoms with Crippen molar-refractivity contribution in [3.63, 3.8) is 0 Å². The van der Waals surface area contributed by atoms with Gasteiger partial charge in [0, 0.05) is 6.04 Å². The summed E-state index contributed by atoms with van der Waals surface area (Å²) in [5.74, 6) is 0.986. The molecule has 3 nitrogen and oxygen atoms in total. The molecule has 1 fully saturated rings. The van der Waals surface area contributed by atoms with Gasteiger partial charge in [-0.3, -0.25) is 4.79 Å². The summed E-state index contributed by atoms with van der Waals surface area (Å²) in [5, 5.41) is 3.10. The standard InChI is InChI=1S/C16H23NO2/c1-12(2)19-15-9-7-13(8-10-15)11-16(18)17-14-5-3-4-6-14/h7-10,12,14H,3-6,11H2,1-2H3,(H,17,18). The number of benzene rings is 1.